The summed E-state index contributed by atoms with van der Waals surface area (Å²) < 4.78 is 24.1. The summed E-state index contributed by atoms with van der Waals surface area (Å²) in [5.41, 5.74) is 3.45. The number of ether oxygens (including phenoxy) is 2. The third-order valence-corrected chi connectivity index (χ3v) is 4.47. The minimum absolute atomic E-state index is 0.122. The first-order valence-electron chi connectivity index (χ1n) is 10.4. The maximum Gasteiger partial charge on any atom is 0.271 e. The topological polar surface area (TPSA) is 132 Å². The van der Waals surface area contributed by atoms with Gasteiger partial charge in [0.15, 0.2) is 18.1 Å². The summed E-state index contributed by atoms with van der Waals surface area (Å²) in [6.45, 7) is 1.84. The van der Waals surface area contributed by atoms with E-state index in [9.17, 15) is 24.1 Å². The van der Waals surface area contributed by atoms with Gasteiger partial charge in [-0.15, -0.1) is 0 Å². The molecule has 180 valence electrons. The van der Waals surface area contributed by atoms with Crippen LogP contribution in [0.2, 0.25) is 0 Å². The number of nitrogens with zero attached hydrogens (tertiary/aromatic N) is 2. The summed E-state index contributed by atoms with van der Waals surface area (Å²) in [7, 11) is 0. The number of nitro benzene ring substituents is 1. The van der Waals surface area contributed by atoms with Crippen LogP contribution in [0.3, 0.4) is 0 Å². The molecule has 3 aromatic carbocycles. The Morgan fingerprint density at radius 3 is 2.40 bits per heavy atom. The molecule has 11 heteroatoms. The second-order valence-corrected chi connectivity index (χ2v) is 6.99. The highest BCUT2D eigenvalue weighted by atomic mass is 19.1. The van der Waals surface area contributed by atoms with Crippen molar-refractivity contribution in [2.45, 2.75) is 6.92 Å². The number of hydrogen-bond donors (Lipinski definition) is 2. The van der Waals surface area contributed by atoms with E-state index >= 15 is 0 Å². The van der Waals surface area contributed by atoms with Gasteiger partial charge in [0.05, 0.1) is 17.7 Å². The molecule has 0 fully saturated rings. The van der Waals surface area contributed by atoms with Crippen LogP contribution in [0.1, 0.15) is 22.8 Å². The number of nitrogens with one attached hydrogen (secondary N) is 2. The fraction of sp³-hybridized carbons (Fsp3) is 0.125. The number of hydrazone groups is 1. The Morgan fingerprint density at radius 1 is 1.03 bits per heavy atom. The molecule has 0 saturated carbocycles. The van der Waals surface area contributed by atoms with Gasteiger partial charge in [-0.3, -0.25) is 19.7 Å². The minimum atomic E-state index is -0.554. The number of rotatable bonds is 10. The highest BCUT2D eigenvalue weighted by Gasteiger charge is 2.11. The van der Waals surface area contributed by atoms with E-state index in [0.717, 1.165) is 0 Å². The zero-order valence-electron chi connectivity index (χ0n) is 18.6. The van der Waals surface area contributed by atoms with Crippen molar-refractivity contribution in [1.82, 2.24) is 5.43 Å². The molecular weight excluding hydrogens is 459 g/mol. The SMILES string of the molecule is CCOc1cc(C=NNC(=O)c2ccc([N+](=O)[O-])cc2)ccc1OCC(=O)Nc1ccc(F)cc1. The molecule has 0 saturated heterocycles. The van der Waals surface area contributed by atoms with Gasteiger partial charge in [-0.2, -0.15) is 5.10 Å². The molecule has 0 bridgehead atoms. The fourth-order valence-corrected chi connectivity index (χ4v) is 2.83. The van der Waals surface area contributed by atoms with Crippen LogP contribution < -0.4 is 20.2 Å². The lowest BCUT2D eigenvalue weighted by atomic mass is 10.2. The van der Waals surface area contributed by atoms with Crippen LogP contribution in [0.4, 0.5) is 15.8 Å². The van der Waals surface area contributed by atoms with Gasteiger partial charge in [0.25, 0.3) is 17.5 Å². The normalized spacial score (nSPS) is 10.6. The quantitative estimate of drug-likeness (QED) is 0.257. The van der Waals surface area contributed by atoms with Crippen LogP contribution in [0.15, 0.2) is 71.8 Å². The van der Waals surface area contributed by atoms with E-state index in [0.29, 0.717) is 29.4 Å². The molecule has 10 nitrogen and oxygen atoms in total. The van der Waals surface area contributed by atoms with Gasteiger partial charge in [0.2, 0.25) is 0 Å². The Hall–Kier alpha value is -4.80. The lowest BCUT2D eigenvalue weighted by Gasteiger charge is -2.12. The van der Waals surface area contributed by atoms with Crippen LogP contribution in [-0.2, 0) is 4.79 Å². The standard InChI is InChI=1S/C24H21FN4O6/c1-2-34-22-13-16(14-26-28-24(31)17-4-10-20(11-5-17)29(32)33)3-12-21(22)35-15-23(30)27-19-8-6-18(25)7-9-19/h3-14H,2,15H2,1H3,(H,27,30)(H,28,31). The predicted molar refractivity (Wildman–Crippen MR) is 126 cm³/mol. The first-order valence-corrected chi connectivity index (χ1v) is 10.4. The highest BCUT2D eigenvalue weighted by molar-refractivity contribution is 5.95. The number of non-ortho nitro benzene ring substituents is 1. The third kappa shape index (κ3) is 7.35. The van der Waals surface area contributed by atoms with Crippen LogP contribution >= 0.6 is 0 Å². The predicted octanol–water partition coefficient (Wildman–Crippen LogP) is 3.91. The molecule has 2 amide bonds. The summed E-state index contributed by atoms with van der Waals surface area (Å²) in [6.07, 6.45) is 1.39. The molecule has 35 heavy (non-hydrogen) atoms. The van der Waals surface area contributed by atoms with Crippen LogP contribution in [0, 0.1) is 15.9 Å². The van der Waals surface area contributed by atoms with E-state index in [4.69, 9.17) is 9.47 Å². The van der Waals surface area contributed by atoms with Crippen LogP contribution in [0.25, 0.3) is 0 Å². The van der Waals surface area contributed by atoms with E-state index in [-0.39, 0.29) is 17.9 Å². The lowest BCUT2D eigenvalue weighted by molar-refractivity contribution is -0.384. The molecule has 0 aromatic heterocycles. The number of halogens is 1. The average molecular weight is 480 g/mol. The zero-order valence-corrected chi connectivity index (χ0v) is 18.6. The van der Waals surface area contributed by atoms with Gasteiger partial charge < -0.3 is 14.8 Å². The number of carbonyl (C=O) groups excluding carboxylic acids is 2. The average Bonchev–Trinajstić information content (AvgIpc) is 2.85. The first kappa shape index (κ1) is 24.8. The Bertz CT molecular complexity index is 1230. The molecule has 0 atom stereocenters. The van der Waals surface area contributed by atoms with Crippen molar-refractivity contribution in [2.75, 3.05) is 18.5 Å². The molecule has 0 radical (unpaired) electrons. The van der Waals surface area contributed by atoms with E-state index in [1.807, 2.05) is 0 Å². The monoisotopic (exact) mass is 480 g/mol. The summed E-state index contributed by atoms with van der Waals surface area (Å²) in [4.78, 5) is 34.4. The molecule has 3 rings (SSSR count). The molecule has 0 heterocycles. The number of anilines is 1. The van der Waals surface area contributed by atoms with Crippen molar-refractivity contribution in [3.05, 3.63) is 93.8 Å². The summed E-state index contributed by atoms with van der Waals surface area (Å²) >= 11 is 0. The van der Waals surface area contributed by atoms with Gasteiger partial charge in [0, 0.05) is 23.4 Å². The Labute approximate surface area is 199 Å². The number of carbonyl (C=O) groups is 2. The molecule has 0 aliphatic heterocycles. The van der Waals surface area contributed by atoms with E-state index in [1.165, 1.54) is 54.7 Å². The van der Waals surface area contributed by atoms with Crippen molar-refractivity contribution < 1.29 is 28.4 Å². The van der Waals surface area contributed by atoms with Crippen LogP contribution in [-0.4, -0.2) is 36.2 Å². The maximum absolute atomic E-state index is 13.0. The Balaban J connectivity index is 1.58. The van der Waals surface area contributed by atoms with Gasteiger partial charge in [0.1, 0.15) is 5.82 Å². The van der Waals surface area contributed by atoms with Crippen molar-refractivity contribution in [1.29, 1.82) is 0 Å². The van der Waals surface area contributed by atoms with Gasteiger partial charge in [-0.25, -0.2) is 9.82 Å². The van der Waals surface area contributed by atoms with E-state index in [1.54, 1.807) is 25.1 Å². The van der Waals surface area contributed by atoms with Gasteiger partial charge in [-0.1, -0.05) is 0 Å². The number of benzene rings is 3. The summed E-state index contributed by atoms with van der Waals surface area (Å²) in [5.74, 6) is -0.678. The molecule has 3 aromatic rings. The van der Waals surface area contributed by atoms with Crippen LogP contribution in [0.5, 0.6) is 11.5 Å². The maximum atomic E-state index is 13.0. The fourth-order valence-electron chi connectivity index (χ4n) is 2.83. The zero-order chi connectivity index (χ0) is 25.2. The van der Waals surface area contributed by atoms with E-state index in [2.05, 4.69) is 15.8 Å². The molecule has 0 aliphatic rings. The number of amides is 2. The van der Waals surface area contributed by atoms with E-state index < -0.39 is 22.6 Å². The second kappa shape index (κ2) is 11.9. The summed E-state index contributed by atoms with van der Waals surface area (Å²) in [6, 6.07) is 15.3. The molecular formula is C24H21FN4O6. The van der Waals surface area contributed by atoms with Crippen molar-refractivity contribution in [3.63, 3.8) is 0 Å². The highest BCUT2D eigenvalue weighted by Crippen LogP contribution is 2.28. The number of hydrogen-bond acceptors (Lipinski definition) is 7. The second-order valence-electron chi connectivity index (χ2n) is 6.99. The largest absolute Gasteiger partial charge is 0.490 e. The molecule has 2 N–H and O–H groups in total. The van der Waals surface area contributed by atoms with Gasteiger partial charge >= 0.3 is 0 Å². The summed E-state index contributed by atoms with van der Waals surface area (Å²) in [5, 5.41) is 17.2. The smallest absolute Gasteiger partial charge is 0.271 e. The molecule has 0 spiro atoms. The minimum Gasteiger partial charge on any atom is -0.490 e. The molecule has 0 aliphatic carbocycles. The first-order chi connectivity index (χ1) is 16.9. The number of nitro groups is 1. The third-order valence-electron chi connectivity index (χ3n) is 4.47. The lowest BCUT2D eigenvalue weighted by Crippen LogP contribution is -2.20. The van der Waals surface area contributed by atoms with Crippen molar-refractivity contribution >= 4 is 29.4 Å². The Morgan fingerprint density at radius 2 is 1.74 bits per heavy atom. The van der Waals surface area contributed by atoms with Crippen molar-refractivity contribution in [2.24, 2.45) is 5.10 Å². The van der Waals surface area contributed by atoms with Crippen molar-refractivity contribution in [3.8, 4) is 11.5 Å². The molecule has 0 unspecified atom stereocenters. The Kier molecular flexibility index (Phi) is 8.43. The van der Waals surface area contributed by atoms with Gasteiger partial charge in [-0.05, 0) is 67.1 Å².